The maximum absolute atomic E-state index is 5.43. The molecule has 1 aliphatic rings. The minimum Gasteiger partial charge on any atom is -0.496 e. The largest absolute Gasteiger partial charge is 0.496 e. The number of allylic oxidation sites excluding steroid dienone is 1. The predicted molar refractivity (Wildman–Crippen MR) is 105 cm³/mol. The molecule has 0 aromatic heterocycles. The summed E-state index contributed by atoms with van der Waals surface area (Å²) < 4.78 is 14.0. The quantitative estimate of drug-likeness (QED) is 0.488. The van der Waals surface area contributed by atoms with Gasteiger partial charge in [-0.25, -0.2) is 0 Å². The van der Waals surface area contributed by atoms with Gasteiger partial charge in [-0.05, 0) is 85.2 Å². The lowest BCUT2D eigenvalue weighted by Crippen LogP contribution is -2.05. The summed E-state index contributed by atoms with van der Waals surface area (Å²) in [6.07, 6.45) is 1.95. The molecule has 23 heavy (non-hydrogen) atoms. The second kappa shape index (κ2) is 6.99. The normalized spacial score (nSPS) is 13.8. The Hall–Kier alpha value is -0.780. The first-order valence-corrected chi connectivity index (χ1v) is 9.53. The van der Waals surface area contributed by atoms with Crippen LogP contribution in [0.4, 0.5) is 0 Å². The SMILES string of the molecule is COc1ccc(C2=C(Br)CCc3c2ccc(OC)c3Br)cc1Br. The Morgan fingerprint density at radius 2 is 1.57 bits per heavy atom. The minimum absolute atomic E-state index is 0.831. The summed E-state index contributed by atoms with van der Waals surface area (Å²) >= 11 is 11.0. The van der Waals surface area contributed by atoms with Crippen LogP contribution in [0.25, 0.3) is 5.57 Å². The summed E-state index contributed by atoms with van der Waals surface area (Å²) in [5.41, 5.74) is 4.89. The number of hydrogen-bond acceptors (Lipinski definition) is 2. The molecule has 2 aromatic rings. The number of halogens is 3. The van der Waals surface area contributed by atoms with Gasteiger partial charge in [0, 0.05) is 4.48 Å². The summed E-state index contributed by atoms with van der Waals surface area (Å²) in [5, 5.41) is 0. The lowest BCUT2D eigenvalue weighted by atomic mass is 9.86. The highest BCUT2D eigenvalue weighted by atomic mass is 79.9. The number of benzene rings is 2. The first-order valence-electron chi connectivity index (χ1n) is 7.15. The van der Waals surface area contributed by atoms with E-state index in [1.54, 1.807) is 14.2 Å². The molecule has 5 heteroatoms. The number of fused-ring (bicyclic) bond motifs is 1. The molecule has 1 aliphatic carbocycles. The Morgan fingerprint density at radius 3 is 2.22 bits per heavy atom. The van der Waals surface area contributed by atoms with Crippen molar-refractivity contribution >= 4 is 53.4 Å². The smallest absolute Gasteiger partial charge is 0.133 e. The molecule has 0 N–H and O–H groups in total. The van der Waals surface area contributed by atoms with Crippen molar-refractivity contribution in [3.05, 3.63) is 60.5 Å². The average molecular weight is 503 g/mol. The van der Waals surface area contributed by atoms with E-state index in [4.69, 9.17) is 9.47 Å². The van der Waals surface area contributed by atoms with Crippen LogP contribution in [0.2, 0.25) is 0 Å². The fraction of sp³-hybridized carbons (Fsp3) is 0.222. The van der Waals surface area contributed by atoms with Gasteiger partial charge in [-0.1, -0.05) is 28.1 Å². The van der Waals surface area contributed by atoms with Crippen molar-refractivity contribution < 1.29 is 9.47 Å². The monoisotopic (exact) mass is 500 g/mol. The lowest BCUT2D eigenvalue weighted by Gasteiger charge is -2.23. The second-order valence-electron chi connectivity index (χ2n) is 5.24. The van der Waals surface area contributed by atoms with Crippen molar-refractivity contribution in [1.82, 2.24) is 0 Å². The molecule has 0 atom stereocenters. The van der Waals surface area contributed by atoms with Gasteiger partial charge in [-0.15, -0.1) is 0 Å². The molecule has 120 valence electrons. The van der Waals surface area contributed by atoms with Crippen LogP contribution in [0.15, 0.2) is 43.8 Å². The summed E-state index contributed by atoms with van der Waals surface area (Å²) in [4.78, 5) is 0. The molecular weight excluding hydrogens is 488 g/mol. The Morgan fingerprint density at radius 1 is 0.870 bits per heavy atom. The van der Waals surface area contributed by atoms with Crippen molar-refractivity contribution in [3.8, 4) is 11.5 Å². The van der Waals surface area contributed by atoms with E-state index >= 15 is 0 Å². The Bertz CT molecular complexity index is 797. The van der Waals surface area contributed by atoms with Crippen molar-refractivity contribution in [2.75, 3.05) is 14.2 Å². The molecule has 0 fully saturated rings. The van der Waals surface area contributed by atoms with Crippen LogP contribution < -0.4 is 9.47 Å². The van der Waals surface area contributed by atoms with Crippen LogP contribution in [0.5, 0.6) is 11.5 Å². The van der Waals surface area contributed by atoms with E-state index < -0.39 is 0 Å². The lowest BCUT2D eigenvalue weighted by molar-refractivity contribution is 0.411. The van der Waals surface area contributed by atoms with Gasteiger partial charge >= 0.3 is 0 Å². The number of rotatable bonds is 3. The third-order valence-corrected chi connectivity index (χ3v) is 6.29. The zero-order valence-electron chi connectivity index (χ0n) is 12.8. The van der Waals surface area contributed by atoms with E-state index in [9.17, 15) is 0 Å². The predicted octanol–water partition coefficient (Wildman–Crippen LogP) is 6.33. The highest BCUT2D eigenvalue weighted by molar-refractivity contribution is 9.12. The van der Waals surface area contributed by atoms with Gasteiger partial charge in [0.15, 0.2) is 0 Å². The maximum Gasteiger partial charge on any atom is 0.133 e. The Balaban J connectivity index is 2.17. The molecule has 0 saturated carbocycles. The molecule has 0 radical (unpaired) electrons. The average Bonchev–Trinajstić information content (AvgIpc) is 2.55. The molecule has 0 saturated heterocycles. The molecule has 2 nitrogen and oxygen atoms in total. The van der Waals surface area contributed by atoms with Crippen molar-refractivity contribution in [3.63, 3.8) is 0 Å². The molecule has 0 spiro atoms. The topological polar surface area (TPSA) is 18.5 Å². The molecule has 0 aliphatic heterocycles. The van der Waals surface area contributed by atoms with E-state index in [1.807, 2.05) is 12.1 Å². The third kappa shape index (κ3) is 3.11. The van der Waals surface area contributed by atoms with E-state index in [-0.39, 0.29) is 0 Å². The minimum atomic E-state index is 0.831. The van der Waals surface area contributed by atoms with Gasteiger partial charge in [-0.2, -0.15) is 0 Å². The highest BCUT2D eigenvalue weighted by Crippen LogP contribution is 2.44. The molecule has 0 bridgehead atoms. The first-order chi connectivity index (χ1) is 11.1. The van der Waals surface area contributed by atoms with Gasteiger partial charge in [-0.3, -0.25) is 0 Å². The van der Waals surface area contributed by atoms with Gasteiger partial charge in [0.2, 0.25) is 0 Å². The first kappa shape index (κ1) is 17.1. The zero-order chi connectivity index (χ0) is 16.6. The van der Waals surface area contributed by atoms with Gasteiger partial charge in [0.1, 0.15) is 11.5 Å². The Labute approximate surface area is 161 Å². The number of methoxy groups -OCH3 is 2. The Kier molecular flexibility index (Phi) is 5.19. The third-order valence-electron chi connectivity index (χ3n) is 4.00. The van der Waals surface area contributed by atoms with Crippen LogP contribution in [-0.2, 0) is 6.42 Å². The van der Waals surface area contributed by atoms with E-state index in [1.165, 1.54) is 21.2 Å². The molecule has 0 unspecified atom stereocenters. The van der Waals surface area contributed by atoms with Crippen LogP contribution in [0.1, 0.15) is 23.1 Å². The van der Waals surface area contributed by atoms with Crippen molar-refractivity contribution in [2.24, 2.45) is 0 Å². The molecule has 0 heterocycles. The zero-order valence-corrected chi connectivity index (χ0v) is 17.5. The van der Waals surface area contributed by atoms with E-state index in [0.717, 1.165) is 38.8 Å². The summed E-state index contributed by atoms with van der Waals surface area (Å²) in [6.45, 7) is 0. The summed E-state index contributed by atoms with van der Waals surface area (Å²) in [7, 11) is 3.37. The fourth-order valence-electron chi connectivity index (χ4n) is 2.88. The molecule has 0 amide bonds. The fourth-order valence-corrected chi connectivity index (χ4v) is 4.76. The highest BCUT2D eigenvalue weighted by Gasteiger charge is 2.23. The standard InChI is InChI=1S/C18H15Br3O2/c1-22-15-7-3-10(9-14(15)20)17-11-5-8-16(23-2)18(21)12(11)4-6-13(17)19/h3,5,7-9H,4,6H2,1-2H3. The summed E-state index contributed by atoms with van der Waals surface area (Å²) in [6, 6.07) is 10.3. The number of ether oxygens (including phenoxy) is 2. The molecule has 3 rings (SSSR count). The molecular formula is C18H15Br3O2. The van der Waals surface area contributed by atoms with Crippen molar-refractivity contribution in [2.45, 2.75) is 12.8 Å². The van der Waals surface area contributed by atoms with Crippen LogP contribution in [-0.4, -0.2) is 14.2 Å². The van der Waals surface area contributed by atoms with Crippen LogP contribution in [0.3, 0.4) is 0 Å². The second-order valence-corrected chi connectivity index (χ2v) is 7.84. The maximum atomic E-state index is 5.43. The van der Waals surface area contributed by atoms with E-state index in [2.05, 4.69) is 66.0 Å². The van der Waals surface area contributed by atoms with Crippen LogP contribution in [0, 0.1) is 0 Å². The van der Waals surface area contributed by atoms with Gasteiger partial charge in [0.25, 0.3) is 0 Å². The molecule has 2 aromatic carbocycles. The van der Waals surface area contributed by atoms with Crippen molar-refractivity contribution in [1.29, 1.82) is 0 Å². The summed E-state index contributed by atoms with van der Waals surface area (Å²) in [5.74, 6) is 1.70. The van der Waals surface area contributed by atoms with Gasteiger partial charge < -0.3 is 9.47 Å². The number of hydrogen-bond donors (Lipinski definition) is 0. The van der Waals surface area contributed by atoms with E-state index in [0.29, 0.717) is 0 Å². The van der Waals surface area contributed by atoms with Crippen LogP contribution >= 0.6 is 47.8 Å². The van der Waals surface area contributed by atoms with Gasteiger partial charge in [0.05, 0.1) is 23.2 Å².